The lowest BCUT2D eigenvalue weighted by Gasteiger charge is -2.16. The molecule has 23 heavy (non-hydrogen) atoms. The molecule has 0 atom stereocenters. The van der Waals surface area contributed by atoms with E-state index in [9.17, 15) is 4.79 Å². The first kappa shape index (κ1) is 13.8. The summed E-state index contributed by atoms with van der Waals surface area (Å²) < 4.78 is 6.92. The molecule has 0 radical (unpaired) electrons. The van der Waals surface area contributed by atoms with Crippen molar-refractivity contribution >= 4 is 22.5 Å². The standard InChI is InChI=1S/C17H16N4O2/c1-23-11-7-5-10(6-8-11)21-17-12(9-19-21)16(18)15-13(20-17)3-2-4-14(15)22/h5-9H,2-4H2,1H3,(H2,18,20). The third kappa shape index (κ3) is 2.06. The number of hydrogen-bond acceptors (Lipinski definition) is 5. The number of aryl methyl sites for hydroxylation is 1. The lowest BCUT2D eigenvalue weighted by atomic mass is 9.93. The Hall–Kier alpha value is -2.89. The van der Waals surface area contributed by atoms with Crippen LogP contribution >= 0.6 is 0 Å². The van der Waals surface area contributed by atoms with Crippen molar-refractivity contribution in [3.63, 3.8) is 0 Å². The highest BCUT2D eigenvalue weighted by atomic mass is 16.5. The van der Waals surface area contributed by atoms with Gasteiger partial charge in [0.15, 0.2) is 11.4 Å². The van der Waals surface area contributed by atoms with Crippen molar-refractivity contribution in [2.45, 2.75) is 19.3 Å². The fraction of sp³-hybridized carbons (Fsp3) is 0.235. The van der Waals surface area contributed by atoms with Gasteiger partial charge in [0.25, 0.3) is 0 Å². The average Bonchev–Trinajstić information content (AvgIpc) is 2.99. The minimum atomic E-state index is 0.0790. The summed E-state index contributed by atoms with van der Waals surface area (Å²) in [6, 6.07) is 7.56. The fourth-order valence-electron chi connectivity index (χ4n) is 3.06. The zero-order valence-corrected chi connectivity index (χ0v) is 12.7. The van der Waals surface area contributed by atoms with E-state index >= 15 is 0 Å². The number of Topliss-reactive ketones (excluding diaryl/α,β-unsaturated/α-hetero) is 1. The number of methoxy groups -OCH3 is 1. The van der Waals surface area contributed by atoms with E-state index in [2.05, 4.69) is 10.1 Å². The van der Waals surface area contributed by atoms with Gasteiger partial charge in [0.1, 0.15) is 5.75 Å². The number of anilines is 1. The van der Waals surface area contributed by atoms with Crippen molar-refractivity contribution in [2.75, 3.05) is 12.8 Å². The molecule has 0 amide bonds. The van der Waals surface area contributed by atoms with E-state index in [1.54, 1.807) is 18.0 Å². The van der Waals surface area contributed by atoms with Crippen molar-refractivity contribution in [3.05, 3.63) is 41.7 Å². The summed E-state index contributed by atoms with van der Waals surface area (Å²) in [6.45, 7) is 0. The van der Waals surface area contributed by atoms with Gasteiger partial charge < -0.3 is 10.5 Å². The van der Waals surface area contributed by atoms with Crippen LogP contribution in [0.3, 0.4) is 0 Å². The van der Waals surface area contributed by atoms with Crippen LogP contribution in [0.1, 0.15) is 28.9 Å². The number of carbonyl (C=O) groups is 1. The van der Waals surface area contributed by atoms with Gasteiger partial charge in [-0.05, 0) is 37.1 Å². The molecule has 6 heteroatoms. The van der Waals surface area contributed by atoms with Crippen molar-refractivity contribution in [3.8, 4) is 11.4 Å². The summed E-state index contributed by atoms with van der Waals surface area (Å²) in [5, 5.41) is 5.12. The van der Waals surface area contributed by atoms with Gasteiger partial charge in [-0.15, -0.1) is 0 Å². The molecule has 116 valence electrons. The van der Waals surface area contributed by atoms with Crippen LogP contribution in [0.25, 0.3) is 16.7 Å². The second kappa shape index (κ2) is 5.08. The normalized spacial score (nSPS) is 14.0. The SMILES string of the molecule is COc1ccc(-n2ncc3c(N)c4c(nc32)CCCC4=O)cc1. The number of carbonyl (C=O) groups excluding carboxylic acids is 1. The summed E-state index contributed by atoms with van der Waals surface area (Å²) in [5.74, 6) is 0.857. The molecule has 1 aliphatic rings. The molecule has 3 aromatic rings. The van der Waals surface area contributed by atoms with E-state index in [0.717, 1.165) is 35.4 Å². The molecule has 0 spiro atoms. The minimum absolute atomic E-state index is 0.0790. The predicted molar refractivity (Wildman–Crippen MR) is 87.1 cm³/mol. The monoisotopic (exact) mass is 308 g/mol. The van der Waals surface area contributed by atoms with Crippen LogP contribution in [0, 0.1) is 0 Å². The lowest BCUT2D eigenvalue weighted by Crippen LogP contribution is -2.16. The zero-order valence-electron chi connectivity index (χ0n) is 12.7. The number of nitrogens with zero attached hydrogens (tertiary/aromatic N) is 3. The zero-order chi connectivity index (χ0) is 16.0. The van der Waals surface area contributed by atoms with Crippen LogP contribution in [0.5, 0.6) is 5.75 Å². The number of fused-ring (bicyclic) bond motifs is 2. The molecule has 0 fully saturated rings. The number of ether oxygens (including phenoxy) is 1. The highest BCUT2D eigenvalue weighted by molar-refractivity contribution is 6.08. The highest BCUT2D eigenvalue weighted by Crippen LogP contribution is 2.32. The van der Waals surface area contributed by atoms with E-state index in [1.165, 1.54) is 0 Å². The van der Waals surface area contributed by atoms with Crippen LogP contribution < -0.4 is 10.5 Å². The van der Waals surface area contributed by atoms with Crippen LogP contribution in [-0.2, 0) is 6.42 Å². The molecule has 6 nitrogen and oxygen atoms in total. The van der Waals surface area contributed by atoms with E-state index < -0.39 is 0 Å². The van der Waals surface area contributed by atoms with Gasteiger partial charge in [0.05, 0.1) is 41.3 Å². The van der Waals surface area contributed by atoms with Gasteiger partial charge in [-0.2, -0.15) is 5.10 Å². The molecule has 2 heterocycles. The molecule has 1 aliphatic carbocycles. The Bertz CT molecular complexity index is 912. The van der Waals surface area contributed by atoms with Gasteiger partial charge in [0.2, 0.25) is 0 Å². The van der Waals surface area contributed by atoms with E-state index in [4.69, 9.17) is 10.5 Å². The smallest absolute Gasteiger partial charge is 0.166 e. The molecular formula is C17H16N4O2. The number of nitrogen functional groups attached to an aromatic ring is 1. The molecule has 2 aromatic heterocycles. The molecule has 0 aliphatic heterocycles. The number of pyridine rings is 1. The van der Waals surface area contributed by atoms with Crippen molar-refractivity contribution in [1.29, 1.82) is 0 Å². The summed E-state index contributed by atoms with van der Waals surface area (Å²) in [4.78, 5) is 16.8. The van der Waals surface area contributed by atoms with E-state index in [-0.39, 0.29) is 5.78 Å². The second-order valence-electron chi connectivity index (χ2n) is 5.62. The van der Waals surface area contributed by atoms with Gasteiger partial charge in [-0.3, -0.25) is 4.79 Å². The lowest BCUT2D eigenvalue weighted by molar-refractivity contribution is 0.0972. The third-order valence-electron chi connectivity index (χ3n) is 4.25. The molecule has 0 saturated heterocycles. The topological polar surface area (TPSA) is 83.0 Å². The minimum Gasteiger partial charge on any atom is -0.497 e. The molecule has 0 saturated carbocycles. The third-order valence-corrected chi connectivity index (χ3v) is 4.25. The summed E-state index contributed by atoms with van der Waals surface area (Å²) in [6.07, 6.45) is 3.80. The van der Waals surface area contributed by atoms with Gasteiger partial charge >= 0.3 is 0 Å². The maximum atomic E-state index is 12.1. The van der Waals surface area contributed by atoms with Crippen LogP contribution in [0.4, 0.5) is 5.69 Å². The van der Waals surface area contributed by atoms with Crippen LogP contribution in [0.2, 0.25) is 0 Å². The number of benzene rings is 1. The van der Waals surface area contributed by atoms with Gasteiger partial charge in [0, 0.05) is 6.42 Å². The largest absolute Gasteiger partial charge is 0.497 e. The number of nitrogens with two attached hydrogens (primary N) is 1. The van der Waals surface area contributed by atoms with Crippen molar-refractivity contribution in [2.24, 2.45) is 0 Å². The summed E-state index contributed by atoms with van der Waals surface area (Å²) >= 11 is 0. The first-order valence-corrected chi connectivity index (χ1v) is 7.52. The van der Waals surface area contributed by atoms with Gasteiger partial charge in [-0.1, -0.05) is 0 Å². The Balaban J connectivity index is 1.92. The first-order valence-electron chi connectivity index (χ1n) is 7.52. The Morgan fingerprint density at radius 2 is 2.00 bits per heavy atom. The number of aromatic nitrogens is 3. The Kier molecular flexibility index (Phi) is 3.04. The first-order chi connectivity index (χ1) is 11.2. The Labute approximate surface area is 132 Å². The number of hydrogen-bond donors (Lipinski definition) is 1. The quantitative estimate of drug-likeness (QED) is 0.786. The van der Waals surface area contributed by atoms with Crippen LogP contribution in [-0.4, -0.2) is 27.7 Å². The van der Waals surface area contributed by atoms with Crippen LogP contribution in [0.15, 0.2) is 30.5 Å². The molecule has 0 unspecified atom stereocenters. The average molecular weight is 308 g/mol. The molecule has 0 bridgehead atoms. The van der Waals surface area contributed by atoms with E-state index in [0.29, 0.717) is 23.3 Å². The van der Waals surface area contributed by atoms with E-state index in [1.807, 2.05) is 24.3 Å². The molecular weight excluding hydrogens is 292 g/mol. The molecule has 2 N–H and O–H groups in total. The van der Waals surface area contributed by atoms with Gasteiger partial charge in [-0.25, -0.2) is 9.67 Å². The number of rotatable bonds is 2. The molecule has 4 rings (SSSR count). The summed E-state index contributed by atoms with van der Waals surface area (Å²) in [5.41, 5.74) is 9.64. The van der Waals surface area contributed by atoms with Crippen molar-refractivity contribution in [1.82, 2.24) is 14.8 Å². The highest BCUT2D eigenvalue weighted by Gasteiger charge is 2.24. The maximum Gasteiger partial charge on any atom is 0.166 e. The van der Waals surface area contributed by atoms with Crippen molar-refractivity contribution < 1.29 is 9.53 Å². The Morgan fingerprint density at radius 3 is 2.74 bits per heavy atom. The Morgan fingerprint density at radius 1 is 1.22 bits per heavy atom. The number of ketones is 1. The predicted octanol–water partition coefficient (Wildman–Crippen LogP) is 2.53. The molecule has 1 aromatic carbocycles. The second-order valence-corrected chi connectivity index (χ2v) is 5.62. The fourth-order valence-corrected chi connectivity index (χ4v) is 3.06. The summed E-state index contributed by atoms with van der Waals surface area (Å²) in [7, 11) is 1.63. The maximum absolute atomic E-state index is 12.1.